The largest absolute Gasteiger partial charge is 0.482 e. The first kappa shape index (κ1) is 26.7. The minimum absolute atomic E-state index is 0.171. The Kier molecular flexibility index (Phi) is 7.63. The maximum atomic E-state index is 14.2. The average Bonchev–Trinajstić information content (AvgIpc) is 2.81. The first-order valence-electron chi connectivity index (χ1n) is 10.8. The fraction of sp³-hybridized carbons (Fsp3) is 0.200. The van der Waals surface area contributed by atoms with E-state index in [1.807, 2.05) is 0 Å². The van der Waals surface area contributed by atoms with Crippen molar-refractivity contribution in [3.8, 4) is 16.9 Å². The van der Waals surface area contributed by atoms with E-state index < -0.39 is 36.2 Å². The van der Waals surface area contributed by atoms with Gasteiger partial charge in [0.15, 0.2) is 6.61 Å². The van der Waals surface area contributed by atoms with Crippen molar-refractivity contribution in [2.24, 2.45) is 0 Å². The van der Waals surface area contributed by atoms with Crippen molar-refractivity contribution in [1.82, 2.24) is 4.90 Å². The topological polar surface area (TPSA) is 78.9 Å². The number of aliphatic hydroxyl groups is 1. The number of β-amino-alcohol motifs (C(OH)–C–C–N with tert-alkyl or cyclic N) is 1. The summed E-state index contributed by atoms with van der Waals surface area (Å²) in [5, 5.41) is 11.8. The van der Waals surface area contributed by atoms with E-state index in [1.165, 1.54) is 53.4 Å². The van der Waals surface area contributed by atoms with E-state index in [0.29, 0.717) is 11.1 Å². The lowest BCUT2D eigenvalue weighted by atomic mass is 10.0. The lowest BCUT2D eigenvalue weighted by Crippen LogP contribution is -2.53. The molecule has 0 saturated carbocycles. The maximum Gasteiger partial charge on any atom is 0.422 e. The third-order valence-electron chi connectivity index (χ3n) is 5.48. The van der Waals surface area contributed by atoms with Gasteiger partial charge in [-0.15, -0.1) is 0 Å². The highest BCUT2D eigenvalue weighted by molar-refractivity contribution is 6.34. The summed E-state index contributed by atoms with van der Waals surface area (Å²) in [6, 6.07) is 12.0. The number of halogens is 6. The van der Waals surface area contributed by atoms with E-state index in [1.54, 1.807) is 0 Å². The van der Waals surface area contributed by atoms with Crippen molar-refractivity contribution in [3.05, 3.63) is 81.6 Å². The summed E-state index contributed by atoms with van der Waals surface area (Å²) in [7, 11) is 0. The molecule has 1 fully saturated rings. The number of rotatable bonds is 6. The molecule has 0 unspecified atom stereocenters. The number of aliphatic hydroxyl groups excluding tert-OH is 1. The Morgan fingerprint density at radius 3 is 2.43 bits per heavy atom. The molecule has 4 rings (SSSR count). The normalized spacial score (nSPS) is 13.8. The Balaban J connectivity index is 1.68. The number of hydrogen-bond acceptors (Lipinski definition) is 4. The number of carbonyl (C=O) groups is 2. The molecule has 12 heteroatoms. The van der Waals surface area contributed by atoms with Crippen molar-refractivity contribution in [1.29, 1.82) is 0 Å². The average molecular weight is 557 g/mol. The van der Waals surface area contributed by atoms with Gasteiger partial charge in [-0.25, -0.2) is 4.39 Å². The van der Waals surface area contributed by atoms with Crippen molar-refractivity contribution in [2.75, 3.05) is 25.0 Å². The molecule has 0 atom stereocenters. The van der Waals surface area contributed by atoms with Crippen molar-refractivity contribution >= 4 is 40.7 Å². The maximum absolute atomic E-state index is 14.2. The molecule has 1 saturated heterocycles. The lowest BCUT2D eigenvalue weighted by molar-refractivity contribution is -0.153. The van der Waals surface area contributed by atoms with Crippen LogP contribution in [0.4, 0.5) is 23.2 Å². The molecule has 1 aliphatic heterocycles. The molecule has 1 heterocycles. The Morgan fingerprint density at radius 1 is 1.05 bits per heavy atom. The molecule has 0 radical (unpaired) electrons. The molecule has 3 aromatic rings. The van der Waals surface area contributed by atoms with Crippen LogP contribution in [0.5, 0.6) is 5.75 Å². The van der Waals surface area contributed by atoms with Gasteiger partial charge in [0.05, 0.1) is 22.4 Å². The molecular formula is C25H18Cl2F4N2O4. The number of amides is 2. The highest BCUT2D eigenvalue weighted by atomic mass is 35.5. The Labute approximate surface area is 218 Å². The van der Waals surface area contributed by atoms with Gasteiger partial charge in [-0.05, 0) is 48.0 Å². The molecule has 0 aliphatic carbocycles. The molecule has 194 valence electrons. The van der Waals surface area contributed by atoms with Crippen LogP contribution in [0.25, 0.3) is 11.1 Å². The first-order chi connectivity index (χ1) is 17.4. The van der Waals surface area contributed by atoms with Gasteiger partial charge in [0.25, 0.3) is 11.8 Å². The molecule has 0 bridgehead atoms. The van der Waals surface area contributed by atoms with Crippen LogP contribution < -0.4 is 10.1 Å². The third-order valence-corrected chi connectivity index (χ3v) is 6.13. The molecule has 0 spiro atoms. The van der Waals surface area contributed by atoms with Gasteiger partial charge in [-0.3, -0.25) is 9.59 Å². The summed E-state index contributed by atoms with van der Waals surface area (Å²) in [5.74, 6) is -2.62. The predicted molar refractivity (Wildman–Crippen MR) is 130 cm³/mol. The minimum atomic E-state index is -4.68. The molecule has 3 aromatic carbocycles. The van der Waals surface area contributed by atoms with Crippen molar-refractivity contribution in [2.45, 2.75) is 12.3 Å². The van der Waals surface area contributed by atoms with E-state index in [2.05, 4.69) is 5.32 Å². The monoisotopic (exact) mass is 556 g/mol. The molecule has 6 nitrogen and oxygen atoms in total. The van der Waals surface area contributed by atoms with Gasteiger partial charge in [0, 0.05) is 29.2 Å². The van der Waals surface area contributed by atoms with Crippen LogP contribution in [0.15, 0.2) is 54.6 Å². The fourth-order valence-corrected chi connectivity index (χ4v) is 4.13. The second kappa shape index (κ2) is 10.6. The highest BCUT2D eigenvalue weighted by Gasteiger charge is 2.31. The zero-order valence-electron chi connectivity index (χ0n) is 18.8. The molecule has 1 aliphatic rings. The number of nitrogens with one attached hydrogen (secondary N) is 1. The summed E-state index contributed by atoms with van der Waals surface area (Å²) < 4.78 is 57.9. The quantitative estimate of drug-likeness (QED) is 0.375. The second-order valence-electron chi connectivity index (χ2n) is 8.22. The minimum Gasteiger partial charge on any atom is -0.482 e. The number of benzene rings is 3. The van der Waals surface area contributed by atoms with E-state index in [0.717, 1.165) is 6.07 Å². The summed E-state index contributed by atoms with van der Waals surface area (Å²) >= 11 is 12.2. The summed E-state index contributed by atoms with van der Waals surface area (Å²) in [5.41, 5.74) is 0.217. The SMILES string of the molecule is O=C(Nc1ccc(-c2cc(C(=O)N3CC(O)C3)ccc2Cl)cc1OCC(F)(F)F)c1c(F)cccc1Cl. The number of nitrogens with zero attached hydrogens (tertiary/aromatic N) is 1. The number of likely N-dealkylation sites (tertiary alicyclic amines) is 1. The van der Waals surface area contributed by atoms with Crippen molar-refractivity contribution < 1.29 is 37.0 Å². The predicted octanol–water partition coefficient (Wildman–Crippen LogP) is 5.81. The number of ether oxygens (including phenoxy) is 1. The molecule has 2 N–H and O–H groups in total. The number of carbonyl (C=O) groups excluding carboxylic acids is 2. The van der Waals surface area contributed by atoms with Crippen LogP contribution in [-0.4, -0.2) is 53.8 Å². The number of alkyl halides is 3. The summed E-state index contributed by atoms with van der Waals surface area (Å²) in [6.45, 7) is -1.29. The zero-order valence-corrected chi connectivity index (χ0v) is 20.3. The zero-order chi connectivity index (χ0) is 26.9. The molecular weight excluding hydrogens is 539 g/mol. The van der Waals surface area contributed by atoms with Gasteiger partial charge in [-0.1, -0.05) is 35.3 Å². The van der Waals surface area contributed by atoms with Gasteiger partial charge in [-0.2, -0.15) is 13.2 Å². The molecule has 0 aromatic heterocycles. The van der Waals surface area contributed by atoms with Crippen LogP contribution >= 0.6 is 23.2 Å². The van der Waals surface area contributed by atoms with Gasteiger partial charge < -0.3 is 20.1 Å². The van der Waals surface area contributed by atoms with Crippen LogP contribution in [-0.2, 0) is 0 Å². The van der Waals surface area contributed by atoms with E-state index >= 15 is 0 Å². The van der Waals surface area contributed by atoms with E-state index in [-0.39, 0.29) is 46.0 Å². The van der Waals surface area contributed by atoms with Crippen LogP contribution in [0.3, 0.4) is 0 Å². The standard InChI is InChI=1S/C25H18Cl2F4N2O4/c26-17-6-4-14(24(36)33-10-15(34)11-33)8-16(17)13-5-7-20(21(9-13)37-12-25(29,30)31)32-23(35)22-18(27)2-1-3-19(22)28/h1-9,15,34H,10-12H2,(H,32,35). The molecule has 2 amide bonds. The van der Waals surface area contributed by atoms with Crippen LogP contribution in [0.2, 0.25) is 10.0 Å². The van der Waals surface area contributed by atoms with Gasteiger partial charge in [0.1, 0.15) is 11.6 Å². The Hall–Kier alpha value is -3.34. The lowest BCUT2D eigenvalue weighted by Gasteiger charge is -2.36. The van der Waals surface area contributed by atoms with Crippen molar-refractivity contribution in [3.63, 3.8) is 0 Å². The van der Waals surface area contributed by atoms with E-state index in [4.69, 9.17) is 27.9 Å². The highest BCUT2D eigenvalue weighted by Crippen LogP contribution is 2.36. The third kappa shape index (κ3) is 6.15. The second-order valence-corrected chi connectivity index (χ2v) is 9.04. The fourth-order valence-electron chi connectivity index (χ4n) is 3.65. The Morgan fingerprint density at radius 2 is 1.78 bits per heavy atom. The van der Waals surface area contributed by atoms with Gasteiger partial charge >= 0.3 is 6.18 Å². The first-order valence-corrected chi connectivity index (χ1v) is 11.5. The number of anilines is 1. The Bertz CT molecular complexity index is 1340. The van der Waals surface area contributed by atoms with Crippen LogP contribution in [0.1, 0.15) is 20.7 Å². The summed E-state index contributed by atoms with van der Waals surface area (Å²) in [6.07, 6.45) is -5.27. The van der Waals surface area contributed by atoms with Gasteiger partial charge in [0.2, 0.25) is 0 Å². The van der Waals surface area contributed by atoms with Crippen LogP contribution in [0, 0.1) is 5.82 Å². The summed E-state index contributed by atoms with van der Waals surface area (Å²) in [4.78, 5) is 26.7. The molecule has 37 heavy (non-hydrogen) atoms. The van der Waals surface area contributed by atoms with E-state index in [9.17, 15) is 32.3 Å². The smallest absolute Gasteiger partial charge is 0.422 e. The number of hydrogen-bond donors (Lipinski definition) is 2.